The fourth-order valence-electron chi connectivity index (χ4n) is 3.69. The molecular formula is C17H22ClF3N2O2. The Morgan fingerprint density at radius 2 is 1.92 bits per heavy atom. The Bertz CT molecular complexity index is 584. The Hall–Kier alpha value is -1.47. The van der Waals surface area contributed by atoms with Crippen molar-refractivity contribution < 1.29 is 22.7 Å². The molecule has 1 aromatic rings. The molecule has 3 rings (SSSR count). The number of nitrogens with zero attached hydrogens (tertiary/aromatic N) is 1. The largest absolute Gasteiger partial charge is 0.573 e. The van der Waals surface area contributed by atoms with Crippen LogP contribution in [0.25, 0.3) is 0 Å². The number of hydrogen-bond donors (Lipinski definition) is 1. The second kappa shape index (κ2) is 8.27. The Kier molecular flexibility index (Phi) is 6.57. The third-order valence-corrected chi connectivity index (χ3v) is 4.75. The monoisotopic (exact) mass is 378 g/mol. The number of carbonyl (C=O) groups is 1. The molecule has 2 aliphatic heterocycles. The standard InChI is InChI=1S/C17H21F3N2O2.ClH/c18-17(19,20)24-15-4-2-1-3-12(15)5-8-16(23)22-13-6-7-14(22)11-21-10-9-13;/h1-4,13-14,21H,5-11H2;1H. The van der Waals surface area contributed by atoms with Crippen LogP contribution in [0, 0.1) is 0 Å². The van der Waals surface area contributed by atoms with Crippen LogP contribution in [0.15, 0.2) is 24.3 Å². The molecule has 2 aliphatic rings. The number of amides is 1. The number of rotatable bonds is 4. The second-order valence-electron chi connectivity index (χ2n) is 6.33. The van der Waals surface area contributed by atoms with Gasteiger partial charge in [0.25, 0.3) is 0 Å². The molecule has 1 N–H and O–H groups in total. The molecule has 2 unspecified atom stereocenters. The fourth-order valence-corrected chi connectivity index (χ4v) is 3.69. The third kappa shape index (κ3) is 5.01. The Labute approximate surface area is 151 Å². The van der Waals surface area contributed by atoms with Gasteiger partial charge >= 0.3 is 6.36 Å². The van der Waals surface area contributed by atoms with E-state index in [1.165, 1.54) is 12.1 Å². The number of alkyl halides is 3. The predicted octanol–water partition coefficient (Wildman–Crippen LogP) is 3.29. The molecule has 0 aliphatic carbocycles. The molecule has 2 fully saturated rings. The maximum atomic E-state index is 12.6. The molecule has 25 heavy (non-hydrogen) atoms. The minimum absolute atomic E-state index is 0. The molecule has 1 amide bonds. The first-order valence-electron chi connectivity index (χ1n) is 8.29. The zero-order chi connectivity index (χ0) is 17.2. The summed E-state index contributed by atoms with van der Waals surface area (Å²) in [6.07, 6.45) is -1.32. The van der Waals surface area contributed by atoms with E-state index >= 15 is 0 Å². The summed E-state index contributed by atoms with van der Waals surface area (Å²) in [6, 6.07) is 6.49. The third-order valence-electron chi connectivity index (χ3n) is 4.75. The van der Waals surface area contributed by atoms with Crippen molar-refractivity contribution >= 4 is 18.3 Å². The topological polar surface area (TPSA) is 41.6 Å². The Morgan fingerprint density at radius 3 is 2.68 bits per heavy atom. The van der Waals surface area contributed by atoms with E-state index in [9.17, 15) is 18.0 Å². The highest BCUT2D eigenvalue weighted by Crippen LogP contribution is 2.30. The number of hydrogen-bond acceptors (Lipinski definition) is 3. The summed E-state index contributed by atoms with van der Waals surface area (Å²) in [4.78, 5) is 14.6. The predicted molar refractivity (Wildman–Crippen MR) is 89.8 cm³/mol. The van der Waals surface area contributed by atoms with Crippen molar-refractivity contribution in [3.05, 3.63) is 29.8 Å². The molecule has 1 aromatic carbocycles. The molecule has 0 aromatic heterocycles. The maximum Gasteiger partial charge on any atom is 0.573 e. The van der Waals surface area contributed by atoms with Gasteiger partial charge in [0.1, 0.15) is 5.75 Å². The lowest BCUT2D eigenvalue weighted by molar-refractivity contribution is -0.274. The van der Waals surface area contributed by atoms with Crippen LogP contribution < -0.4 is 10.1 Å². The highest BCUT2D eigenvalue weighted by Gasteiger charge is 2.37. The van der Waals surface area contributed by atoms with E-state index < -0.39 is 6.36 Å². The van der Waals surface area contributed by atoms with Crippen LogP contribution >= 0.6 is 12.4 Å². The van der Waals surface area contributed by atoms with Crippen LogP contribution in [0.4, 0.5) is 13.2 Å². The van der Waals surface area contributed by atoms with Crippen molar-refractivity contribution in [3.8, 4) is 5.75 Å². The first-order chi connectivity index (χ1) is 11.4. The van der Waals surface area contributed by atoms with Crippen LogP contribution in [-0.4, -0.2) is 42.3 Å². The van der Waals surface area contributed by atoms with E-state index in [1.807, 2.05) is 4.90 Å². The van der Waals surface area contributed by atoms with Gasteiger partial charge in [0.05, 0.1) is 0 Å². The molecule has 2 atom stereocenters. The minimum Gasteiger partial charge on any atom is -0.406 e. The molecule has 8 heteroatoms. The maximum absolute atomic E-state index is 12.6. The van der Waals surface area contributed by atoms with Crippen molar-refractivity contribution in [2.75, 3.05) is 13.1 Å². The number of halogens is 4. The lowest BCUT2D eigenvalue weighted by Crippen LogP contribution is -2.42. The number of benzene rings is 1. The number of carbonyl (C=O) groups excluding carboxylic acids is 1. The van der Waals surface area contributed by atoms with E-state index in [0.717, 1.165) is 32.4 Å². The number of nitrogens with one attached hydrogen (secondary N) is 1. The van der Waals surface area contributed by atoms with Crippen LogP contribution in [-0.2, 0) is 11.2 Å². The quantitative estimate of drug-likeness (QED) is 0.874. The summed E-state index contributed by atoms with van der Waals surface area (Å²) in [5.41, 5.74) is 0.406. The van der Waals surface area contributed by atoms with Gasteiger partial charge < -0.3 is 15.0 Å². The normalized spacial score (nSPS) is 22.9. The van der Waals surface area contributed by atoms with E-state index in [0.29, 0.717) is 5.56 Å². The van der Waals surface area contributed by atoms with Gasteiger partial charge in [-0.1, -0.05) is 18.2 Å². The second-order valence-corrected chi connectivity index (χ2v) is 6.33. The zero-order valence-corrected chi connectivity index (χ0v) is 14.5. The van der Waals surface area contributed by atoms with E-state index in [-0.39, 0.29) is 49.0 Å². The van der Waals surface area contributed by atoms with Gasteiger partial charge in [-0.25, -0.2) is 0 Å². The first kappa shape index (κ1) is 19.8. The lowest BCUT2D eigenvalue weighted by atomic mass is 10.1. The van der Waals surface area contributed by atoms with Crippen LogP contribution in [0.3, 0.4) is 0 Å². The van der Waals surface area contributed by atoms with Crippen LogP contribution in [0.5, 0.6) is 5.75 Å². The summed E-state index contributed by atoms with van der Waals surface area (Å²) in [6.45, 7) is 1.71. The van der Waals surface area contributed by atoms with Gasteiger partial charge in [-0.15, -0.1) is 25.6 Å². The number of ether oxygens (including phenoxy) is 1. The smallest absolute Gasteiger partial charge is 0.406 e. The molecule has 2 heterocycles. The van der Waals surface area contributed by atoms with E-state index in [4.69, 9.17) is 0 Å². The molecule has 2 bridgehead atoms. The van der Waals surface area contributed by atoms with Crippen molar-refractivity contribution in [2.24, 2.45) is 0 Å². The summed E-state index contributed by atoms with van der Waals surface area (Å²) >= 11 is 0. The first-order valence-corrected chi connectivity index (χ1v) is 8.29. The van der Waals surface area contributed by atoms with Gasteiger partial charge in [0.2, 0.25) is 5.91 Å². The average Bonchev–Trinajstić information content (AvgIpc) is 2.77. The van der Waals surface area contributed by atoms with Crippen LogP contribution in [0.2, 0.25) is 0 Å². The number of aryl methyl sites for hydroxylation is 1. The summed E-state index contributed by atoms with van der Waals surface area (Å²) in [5.74, 6) is -0.202. The lowest BCUT2D eigenvalue weighted by Gasteiger charge is -2.28. The van der Waals surface area contributed by atoms with E-state index in [1.54, 1.807) is 12.1 Å². The Balaban J connectivity index is 0.00000225. The molecule has 0 radical (unpaired) electrons. The SMILES string of the molecule is Cl.O=C(CCc1ccccc1OC(F)(F)F)N1C2CCNCC1CC2. The molecule has 2 saturated heterocycles. The molecule has 140 valence electrons. The fraction of sp³-hybridized carbons (Fsp3) is 0.588. The number of fused-ring (bicyclic) bond motifs is 2. The van der Waals surface area contributed by atoms with Gasteiger partial charge in [-0.3, -0.25) is 4.79 Å². The number of para-hydroxylation sites is 1. The van der Waals surface area contributed by atoms with Crippen molar-refractivity contribution in [2.45, 2.75) is 50.6 Å². The van der Waals surface area contributed by atoms with Gasteiger partial charge in [-0.2, -0.15) is 0 Å². The zero-order valence-electron chi connectivity index (χ0n) is 13.7. The summed E-state index contributed by atoms with van der Waals surface area (Å²) in [5, 5.41) is 3.33. The highest BCUT2D eigenvalue weighted by atomic mass is 35.5. The summed E-state index contributed by atoms with van der Waals surface area (Å²) in [7, 11) is 0. The van der Waals surface area contributed by atoms with Crippen molar-refractivity contribution in [1.82, 2.24) is 10.2 Å². The molecule has 0 saturated carbocycles. The molecule has 4 nitrogen and oxygen atoms in total. The summed E-state index contributed by atoms with van der Waals surface area (Å²) < 4.78 is 41.4. The van der Waals surface area contributed by atoms with Crippen molar-refractivity contribution in [1.29, 1.82) is 0 Å². The average molecular weight is 379 g/mol. The van der Waals surface area contributed by atoms with Crippen molar-refractivity contribution in [3.63, 3.8) is 0 Å². The highest BCUT2D eigenvalue weighted by molar-refractivity contribution is 5.85. The minimum atomic E-state index is -4.73. The van der Waals surface area contributed by atoms with E-state index in [2.05, 4.69) is 10.1 Å². The van der Waals surface area contributed by atoms with Gasteiger partial charge in [0, 0.05) is 25.0 Å². The Morgan fingerprint density at radius 1 is 1.20 bits per heavy atom. The van der Waals surface area contributed by atoms with Crippen LogP contribution in [0.1, 0.15) is 31.2 Å². The van der Waals surface area contributed by atoms with Gasteiger partial charge in [0.15, 0.2) is 0 Å². The molecular weight excluding hydrogens is 357 g/mol. The van der Waals surface area contributed by atoms with Gasteiger partial charge in [-0.05, 0) is 43.9 Å². The molecule has 0 spiro atoms.